The van der Waals surface area contributed by atoms with Crippen molar-refractivity contribution in [2.24, 2.45) is 23.7 Å². The van der Waals surface area contributed by atoms with Gasteiger partial charge in [-0.05, 0) is 49.4 Å². The van der Waals surface area contributed by atoms with Crippen molar-refractivity contribution in [1.29, 1.82) is 0 Å². The zero-order valence-corrected chi connectivity index (χ0v) is 60.6. The fourth-order valence-electron chi connectivity index (χ4n) is 10.6. The van der Waals surface area contributed by atoms with Crippen LogP contribution < -0.4 is 0 Å². The Balaban J connectivity index is 5.25. The normalized spacial score (nSPS) is 14.6. The minimum atomic E-state index is -4.95. The molecule has 0 aromatic carbocycles. The summed E-state index contributed by atoms with van der Waals surface area (Å²) >= 11 is 0. The summed E-state index contributed by atoms with van der Waals surface area (Å²) in [5.41, 5.74) is 0. The molecule has 0 saturated carbocycles. The molecular weight excluding hydrogens is 1190 g/mol. The highest BCUT2D eigenvalue weighted by molar-refractivity contribution is 7.47. The molecule has 90 heavy (non-hydrogen) atoms. The Morgan fingerprint density at radius 2 is 0.533 bits per heavy atom. The lowest BCUT2D eigenvalue weighted by Gasteiger charge is -2.21. The molecule has 0 heterocycles. The molecular formula is C71H138O17P2. The van der Waals surface area contributed by atoms with Crippen LogP contribution in [0, 0.1) is 23.7 Å². The Bertz CT molecular complexity index is 1780. The molecule has 0 bridgehead atoms. The number of hydrogen-bond acceptors (Lipinski definition) is 15. The van der Waals surface area contributed by atoms with Crippen LogP contribution in [0.25, 0.3) is 0 Å². The van der Waals surface area contributed by atoms with Crippen molar-refractivity contribution >= 4 is 39.5 Å². The first-order valence-corrected chi connectivity index (χ1v) is 39.7. The van der Waals surface area contributed by atoms with Gasteiger partial charge >= 0.3 is 39.5 Å². The summed E-state index contributed by atoms with van der Waals surface area (Å²) in [6, 6.07) is 0. The summed E-state index contributed by atoms with van der Waals surface area (Å²) in [6.07, 6.45) is 43.1. The van der Waals surface area contributed by atoms with E-state index in [0.717, 1.165) is 114 Å². The molecule has 4 unspecified atom stereocenters. The fraction of sp³-hybridized carbons (Fsp3) is 0.944. The largest absolute Gasteiger partial charge is 0.472 e. The second-order valence-electron chi connectivity index (χ2n) is 27.3. The van der Waals surface area contributed by atoms with Gasteiger partial charge in [0.25, 0.3) is 0 Å². The van der Waals surface area contributed by atoms with Gasteiger partial charge in [0.1, 0.15) is 19.3 Å². The molecule has 0 aromatic heterocycles. The van der Waals surface area contributed by atoms with E-state index in [-0.39, 0.29) is 25.7 Å². The quantitative estimate of drug-likeness (QED) is 0.0222. The fourth-order valence-corrected chi connectivity index (χ4v) is 12.2. The van der Waals surface area contributed by atoms with Gasteiger partial charge in [0, 0.05) is 25.7 Å². The van der Waals surface area contributed by atoms with Gasteiger partial charge in [0.15, 0.2) is 12.2 Å². The van der Waals surface area contributed by atoms with Crippen LogP contribution in [0.15, 0.2) is 0 Å². The number of hydrogen-bond donors (Lipinski definition) is 3. The van der Waals surface area contributed by atoms with Crippen molar-refractivity contribution in [2.45, 2.75) is 369 Å². The summed E-state index contributed by atoms with van der Waals surface area (Å²) in [5.74, 6) is 0.866. The van der Waals surface area contributed by atoms with Crippen LogP contribution in [-0.2, 0) is 65.4 Å². The highest BCUT2D eigenvalue weighted by Gasteiger charge is 2.30. The number of rotatable bonds is 68. The topological polar surface area (TPSA) is 237 Å². The van der Waals surface area contributed by atoms with E-state index in [2.05, 4.69) is 55.4 Å². The van der Waals surface area contributed by atoms with Gasteiger partial charge in [-0.2, -0.15) is 0 Å². The third kappa shape index (κ3) is 63.5. The highest BCUT2D eigenvalue weighted by atomic mass is 31.2. The number of esters is 4. The standard InChI is InChI=1S/C71H138O17P2/c1-9-64(8)50-42-34-26-19-21-27-35-43-51-68(73)81-57-66(87-70(75)53-45-37-28-17-15-13-11-10-12-14-16-23-31-39-47-61(2)3)59-85-89(77,78)83-55-65(72)56-84-90(79,80)86-60-67(58-82-69(74)52-44-36-30-22-25-33-41-49-63(6)7)88-71(76)54-46-38-29-20-18-24-32-40-48-62(4)5/h61-67,72H,9-60H2,1-8H3,(H,77,78)(H,79,80)/t64?,65?,66-,67-/m1/s1. The van der Waals surface area contributed by atoms with E-state index in [1.807, 2.05) is 0 Å². The van der Waals surface area contributed by atoms with Crippen LogP contribution in [0.2, 0.25) is 0 Å². The maximum atomic E-state index is 13.0. The summed E-state index contributed by atoms with van der Waals surface area (Å²) < 4.78 is 68.3. The summed E-state index contributed by atoms with van der Waals surface area (Å²) in [7, 11) is -9.90. The Labute approximate surface area is 549 Å². The monoisotopic (exact) mass is 1320 g/mol. The van der Waals surface area contributed by atoms with Crippen LogP contribution in [0.1, 0.15) is 351 Å². The number of aliphatic hydroxyl groups excluding tert-OH is 1. The van der Waals surface area contributed by atoms with Crippen molar-refractivity contribution in [2.75, 3.05) is 39.6 Å². The maximum Gasteiger partial charge on any atom is 0.472 e. The Hall–Kier alpha value is -1.94. The van der Waals surface area contributed by atoms with Crippen molar-refractivity contribution in [1.82, 2.24) is 0 Å². The van der Waals surface area contributed by atoms with Crippen molar-refractivity contribution in [3.05, 3.63) is 0 Å². The molecule has 0 aromatic rings. The minimum absolute atomic E-state index is 0.103. The Morgan fingerprint density at radius 1 is 0.311 bits per heavy atom. The van der Waals surface area contributed by atoms with Gasteiger partial charge in [-0.1, -0.05) is 299 Å². The lowest BCUT2D eigenvalue weighted by Crippen LogP contribution is -2.30. The van der Waals surface area contributed by atoms with Crippen molar-refractivity contribution in [3.63, 3.8) is 0 Å². The van der Waals surface area contributed by atoms with Gasteiger partial charge in [-0.3, -0.25) is 37.3 Å². The van der Waals surface area contributed by atoms with Crippen LogP contribution in [0.5, 0.6) is 0 Å². The summed E-state index contributed by atoms with van der Waals surface area (Å²) in [6.45, 7) is 14.1. The molecule has 0 aliphatic carbocycles. The van der Waals surface area contributed by atoms with E-state index in [4.69, 9.17) is 37.0 Å². The van der Waals surface area contributed by atoms with E-state index >= 15 is 0 Å². The maximum absolute atomic E-state index is 13.0. The molecule has 6 atom stereocenters. The Morgan fingerprint density at radius 3 is 0.789 bits per heavy atom. The molecule has 17 nitrogen and oxygen atoms in total. The van der Waals surface area contributed by atoms with Gasteiger partial charge in [-0.25, -0.2) is 9.13 Å². The molecule has 0 fully saturated rings. The Kier molecular flexibility index (Phi) is 59.4. The molecule has 534 valence electrons. The number of aliphatic hydroxyl groups is 1. The molecule has 0 aliphatic heterocycles. The molecule has 19 heteroatoms. The summed E-state index contributed by atoms with van der Waals surface area (Å²) in [4.78, 5) is 72.6. The molecule has 0 saturated heterocycles. The third-order valence-corrected chi connectivity index (χ3v) is 18.6. The van der Waals surface area contributed by atoms with Crippen LogP contribution >= 0.6 is 15.6 Å². The van der Waals surface area contributed by atoms with Crippen LogP contribution in [0.3, 0.4) is 0 Å². The second kappa shape index (κ2) is 60.7. The number of carbonyl (C=O) groups excluding carboxylic acids is 4. The first-order chi connectivity index (χ1) is 43.1. The van der Waals surface area contributed by atoms with Crippen molar-refractivity contribution in [3.8, 4) is 0 Å². The van der Waals surface area contributed by atoms with E-state index in [0.29, 0.717) is 31.6 Å². The zero-order chi connectivity index (χ0) is 66.8. The van der Waals surface area contributed by atoms with E-state index in [1.165, 1.54) is 148 Å². The van der Waals surface area contributed by atoms with Gasteiger partial charge in [0.05, 0.1) is 26.4 Å². The van der Waals surface area contributed by atoms with E-state index < -0.39 is 97.5 Å². The number of unbranched alkanes of at least 4 members (excludes halogenated alkanes) is 33. The SMILES string of the molecule is CCC(C)CCCCCCCCCCC(=O)OC[C@H](COP(=O)(O)OCC(O)COP(=O)(O)OC[C@@H](COC(=O)CCCCCCCCCC(C)C)OC(=O)CCCCCCCCCCC(C)C)OC(=O)CCCCCCCCCCCCCCCCC(C)C. The smallest absolute Gasteiger partial charge is 0.462 e. The summed E-state index contributed by atoms with van der Waals surface area (Å²) in [5, 5.41) is 10.6. The molecule has 0 spiro atoms. The van der Waals surface area contributed by atoms with Gasteiger partial charge in [-0.15, -0.1) is 0 Å². The zero-order valence-electron chi connectivity index (χ0n) is 58.8. The molecule has 3 N–H and O–H groups in total. The van der Waals surface area contributed by atoms with E-state index in [1.54, 1.807) is 0 Å². The number of phosphoric acid groups is 2. The van der Waals surface area contributed by atoms with E-state index in [9.17, 15) is 43.2 Å². The van der Waals surface area contributed by atoms with Gasteiger partial charge in [0.2, 0.25) is 0 Å². The average Bonchev–Trinajstić information content (AvgIpc) is 3.62. The number of phosphoric ester groups is 2. The lowest BCUT2D eigenvalue weighted by atomic mass is 9.99. The average molecular weight is 1330 g/mol. The first kappa shape index (κ1) is 88.1. The van der Waals surface area contributed by atoms with Gasteiger partial charge < -0.3 is 33.8 Å². The molecule has 0 aliphatic rings. The molecule has 0 radical (unpaired) electrons. The predicted molar refractivity (Wildman–Crippen MR) is 363 cm³/mol. The van der Waals surface area contributed by atoms with Crippen LogP contribution in [0.4, 0.5) is 0 Å². The molecule has 0 rings (SSSR count). The lowest BCUT2D eigenvalue weighted by molar-refractivity contribution is -0.161. The molecule has 0 amide bonds. The van der Waals surface area contributed by atoms with Crippen LogP contribution in [-0.4, -0.2) is 96.7 Å². The van der Waals surface area contributed by atoms with Crippen molar-refractivity contribution < 1.29 is 80.2 Å². The number of ether oxygens (including phenoxy) is 4. The number of carbonyl (C=O) groups is 4. The highest BCUT2D eigenvalue weighted by Crippen LogP contribution is 2.45. The third-order valence-electron chi connectivity index (χ3n) is 16.7. The second-order valence-corrected chi connectivity index (χ2v) is 30.2. The predicted octanol–water partition coefficient (Wildman–Crippen LogP) is 20.1. The minimum Gasteiger partial charge on any atom is -0.462 e. The first-order valence-electron chi connectivity index (χ1n) is 36.7.